The number of thioether (sulfide) groups is 1. The molecule has 1 aliphatic rings. The highest BCUT2D eigenvalue weighted by molar-refractivity contribution is 8.02. The van der Waals surface area contributed by atoms with Crippen LogP contribution in [0.2, 0.25) is 0 Å². The van der Waals surface area contributed by atoms with Crippen molar-refractivity contribution in [3.05, 3.63) is 47.6 Å². The molecule has 0 aromatic heterocycles. The molecule has 1 amide bonds. The van der Waals surface area contributed by atoms with Gasteiger partial charge in [0.2, 0.25) is 5.91 Å². The van der Waals surface area contributed by atoms with Gasteiger partial charge >= 0.3 is 0 Å². The van der Waals surface area contributed by atoms with Crippen LogP contribution in [0.25, 0.3) is 6.08 Å². The van der Waals surface area contributed by atoms with Crippen molar-refractivity contribution in [2.45, 2.75) is 12.4 Å². The van der Waals surface area contributed by atoms with Crippen LogP contribution in [0, 0.1) is 0 Å². The zero-order valence-electron chi connectivity index (χ0n) is 9.91. The van der Waals surface area contributed by atoms with E-state index in [4.69, 9.17) is 0 Å². The van der Waals surface area contributed by atoms with Crippen LogP contribution in [-0.2, 0) is 4.79 Å². The summed E-state index contributed by atoms with van der Waals surface area (Å²) in [7, 11) is 0. The standard InChI is InChI=1S/C13H14N2O2S/c1-10(16)14-13-15(8-9-18-13)7-6-11-2-4-12(17)5-3-11/h2-9,13,17H,1H3,(H,14,16). The molecule has 1 unspecified atom stereocenters. The Hall–Kier alpha value is -1.88. The normalized spacial score (nSPS) is 18.5. The molecule has 4 nitrogen and oxygen atoms in total. The summed E-state index contributed by atoms with van der Waals surface area (Å²) in [6, 6.07) is 6.93. The molecule has 0 fully saturated rings. The topological polar surface area (TPSA) is 52.6 Å². The van der Waals surface area contributed by atoms with Gasteiger partial charge in [-0.25, -0.2) is 0 Å². The molecule has 0 saturated carbocycles. The van der Waals surface area contributed by atoms with Crippen LogP contribution >= 0.6 is 11.8 Å². The number of carbonyl (C=O) groups is 1. The van der Waals surface area contributed by atoms with Gasteiger partial charge in [0.05, 0.1) is 0 Å². The number of hydrogen-bond acceptors (Lipinski definition) is 4. The zero-order chi connectivity index (χ0) is 13.0. The molecule has 1 aliphatic heterocycles. The highest BCUT2D eigenvalue weighted by Gasteiger charge is 2.18. The lowest BCUT2D eigenvalue weighted by Gasteiger charge is -2.21. The maximum atomic E-state index is 11.0. The average molecular weight is 262 g/mol. The molecule has 1 atom stereocenters. The number of nitrogens with zero attached hydrogens (tertiary/aromatic N) is 1. The molecule has 18 heavy (non-hydrogen) atoms. The van der Waals surface area contributed by atoms with Gasteiger partial charge in [-0.15, -0.1) is 0 Å². The fraction of sp³-hybridized carbons (Fsp3) is 0.154. The van der Waals surface area contributed by atoms with Crippen LogP contribution in [0.5, 0.6) is 5.75 Å². The number of rotatable bonds is 3. The summed E-state index contributed by atoms with van der Waals surface area (Å²) in [6.07, 6.45) is 5.72. The molecule has 1 aromatic rings. The van der Waals surface area contributed by atoms with Gasteiger partial charge in [-0.2, -0.15) is 0 Å². The number of amides is 1. The van der Waals surface area contributed by atoms with Crippen molar-refractivity contribution in [2.24, 2.45) is 0 Å². The van der Waals surface area contributed by atoms with E-state index in [2.05, 4.69) is 5.32 Å². The van der Waals surface area contributed by atoms with Crippen molar-refractivity contribution in [3.8, 4) is 5.75 Å². The number of benzene rings is 1. The van der Waals surface area contributed by atoms with Crippen molar-refractivity contribution in [2.75, 3.05) is 0 Å². The van der Waals surface area contributed by atoms with Crippen LogP contribution in [-0.4, -0.2) is 21.4 Å². The lowest BCUT2D eigenvalue weighted by atomic mass is 10.2. The van der Waals surface area contributed by atoms with Crippen molar-refractivity contribution >= 4 is 23.7 Å². The van der Waals surface area contributed by atoms with Gasteiger partial charge in [0.1, 0.15) is 5.75 Å². The second-order valence-electron chi connectivity index (χ2n) is 3.83. The van der Waals surface area contributed by atoms with E-state index in [1.807, 2.05) is 40.9 Å². The van der Waals surface area contributed by atoms with Crippen molar-refractivity contribution < 1.29 is 9.90 Å². The Bertz CT molecular complexity index is 482. The molecule has 0 saturated heterocycles. The van der Waals surface area contributed by atoms with Crippen molar-refractivity contribution in [3.63, 3.8) is 0 Å². The van der Waals surface area contributed by atoms with Crippen molar-refractivity contribution in [1.82, 2.24) is 10.2 Å². The molecule has 94 valence electrons. The number of nitrogens with one attached hydrogen (secondary N) is 1. The molecule has 2 N–H and O–H groups in total. The number of carbonyl (C=O) groups excluding carboxylic acids is 1. The smallest absolute Gasteiger partial charge is 0.219 e. The maximum Gasteiger partial charge on any atom is 0.219 e. The van der Waals surface area contributed by atoms with E-state index >= 15 is 0 Å². The largest absolute Gasteiger partial charge is 0.508 e. The van der Waals surface area contributed by atoms with E-state index in [9.17, 15) is 9.90 Å². The number of hydrogen-bond donors (Lipinski definition) is 2. The Morgan fingerprint density at radius 2 is 2.17 bits per heavy atom. The summed E-state index contributed by atoms with van der Waals surface area (Å²) in [5.74, 6) is 0.194. The van der Waals surface area contributed by atoms with Crippen molar-refractivity contribution in [1.29, 1.82) is 0 Å². The Kier molecular flexibility index (Phi) is 3.94. The molecule has 0 aliphatic carbocycles. The van der Waals surface area contributed by atoms with Crippen LogP contribution in [0.3, 0.4) is 0 Å². The molecule has 0 spiro atoms. The van der Waals surface area contributed by atoms with E-state index in [1.165, 1.54) is 18.7 Å². The van der Waals surface area contributed by atoms with E-state index in [0.29, 0.717) is 0 Å². The molecule has 5 heteroatoms. The van der Waals surface area contributed by atoms with Gasteiger partial charge in [-0.05, 0) is 29.2 Å². The first kappa shape index (κ1) is 12.6. The number of phenolic OH excluding ortho intramolecular Hbond substituents is 1. The first-order valence-corrected chi connectivity index (χ1v) is 6.43. The maximum absolute atomic E-state index is 11.0. The number of aromatic hydroxyl groups is 1. The summed E-state index contributed by atoms with van der Waals surface area (Å²) in [5.41, 5.74) is 0.899. The van der Waals surface area contributed by atoms with Crippen LogP contribution in [0.15, 0.2) is 42.1 Å². The second-order valence-corrected chi connectivity index (χ2v) is 4.82. The van der Waals surface area contributed by atoms with Gasteiger partial charge in [0.15, 0.2) is 5.50 Å². The minimum absolute atomic E-state index is 0.0563. The van der Waals surface area contributed by atoms with Gasteiger partial charge in [0.25, 0.3) is 0 Å². The predicted molar refractivity (Wildman–Crippen MR) is 73.3 cm³/mol. The van der Waals surface area contributed by atoms with E-state index < -0.39 is 0 Å². The first-order valence-electron chi connectivity index (χ1n) is 5.49. The minimum atomic E-state index is -0.0872. The molecule has 2 rings (SSSR count). The fourth-order valence-corrected chi connectivity index (χ4v) is 2.37. The SMILES string of the molecule is CC(=O)NC1SC=CN1C=Cc1ccc(O)cc1. The number of phenols is 1. The summed E-state index contributed by atoms with van der Waals surface area (Å²) in [4.78, 5) is 12.9. The van der Waals surface area contributed by atoms with Crippen LogP contribution in [0.1, 0.15) is 12.5 Å². The third-order valence-corrected chi connectivity index (χ3v) is 3.27. The molecular formula is C13H14N2O2S. The molecular weight excluding hydrogens is 248 g/mol. The minimum Gasteiger partial charge on any atom is -0.508 e. The Morgan fingerprint density at radius 3 is 2.83 bits per heavy atom. The third kappa shape index (κ3) is 3.30. The highest BCUT2D eigenvalue weighted by Crippen LogP contribution is 2.23. The van der Waals surface area contributed by atoms with Gasteiger partial charge in [-0.1, -0.05) is 23.9 Å². The Balaban J connectivity index is 2.01. The van der Waals surface area contributed by atoms with E-state index in [1.54, 1.807) is 12.1 Å². The molecule has 0 bridgehead atoms. The van der Waals surface area contributed by atoms with E-state index in [0.717, 1.165) is 5.56 Å². The Morgan fingerprint density at radius 1 is 1.44 bits per heavy atom. The average Bonchev–Trinajstić information content (AvgIpc) is 2.75. The van der Waals surface area contributed by atoms with Gasteiger partial charge in [0, 0.05) is 19.3 Å². The zero-order valence-corrected chi connectivity index (χ0v) is 10.7. The monoisotopic (exact) mass is 262 g/mol. The summed E-state index contributed by atoms with van der Waals surface area (Å²) in [6.45, 7) is 1.50. The quantitative estimate of drug-likeness (QED) is 0.877. The third-order valence-electron chi connectivity index (χ3n) is 2.37. The Labute approximate surface area is 110 Å². The summed E-state index contributed by atoms with van der Waals surface area (Å²) < 4.78 is 0. The predicted octanol–water partition coefficient (Wildman–Crippen LogP) is 2.30. The molecule has 1 heterocycles. The van der Waals surface area contributed by atoms with Gasteiger partial charge in [-0.3, -0.25) is 4.79 Å². The fourth-order valence-electron chi connectivity index (χ4n) is 1.50. The van der Waals surface area contributed by atoms with Gasteiger partial charge < -0.3 is 15.3 Å². The molecule has 1 aromatic carbocycles. The lowest BCUT2D eigenvalue weighted by molar-refractivity contribution is -0.119. The van der Waals surface area contributed by atoms with Crippen LogP contribution in [0.4, 0.5) is 0 Å². The first-order chi connectivity index (χ1) is 8.65. The lowest BCUT2D eigenvalue weighted by Crippen LogP contribution is -2.37. The summed E-state index contributed by atoms with van der Waals surface area (Å²) in [5, 5.41) is 13.9. The molecule has 0 radical (unpaired) electrons. The second kappa shape index (κ2) is 5.64. The summed E-state index contributed by atoms with van der Waals surface area (Å²) >= 11 is 1.54. The highest BCUT2D eigenvalue weighted by atomic mass is 32.2. The van der Waals surface area contributed by atoms with E-state index in [-0.39, 0.29) is 17.2 Å². The van der Waals surface area contributed by atoms with Crippen LogP contribution < -0.4 is 5.32 Å².